The first kappa shape index (κ1) is 12.3. The minimum absolute atomic E-state index is 0.123. The zero-order chi connectivity index (χ0) is 12.4. The molecule has 0 spiro atoms. The lowest BCUT2D eigenvalue weighted by molar-refractivity contribution is 0.155. The Hall–Kier alpha value is -1.17. The standard InChI is InChI=1S/C11H14ClNO4/c1-13-4-7(14)9-10(15-2)6(12)3-8-11(9)17-5-16-8/h3,7,13-14H,4-5H2,1-2H3. The van der Waals surface area contributed by atoms with E-state index in [0.29, 0.717) is 34.4 Å². The Balaban J connectivity index is 2.53. The molecule has 0 radical (unpaired) electrons. The van der Waals surface area contributed by atoms with Gasteiger partial charge in [-0.25, -0.2) is 0 Å². The molecule has 1 atom stereocenters. The Bertz CT molecular complexity index is 421. The van der Waals surface area contributed by atoms with Gasteiger partial charge in [0.25, 0.3) is 0 Å². The number of benzene rings is 1. The highest BCUT2D eigenvalue weighted by Gasteiger charge is 2.28. The fourth-order valence-electron chi connectivity index (χ4n) is 1.82. The lowest BCUT2D eigenvalue weighted by Crippen LogP contribution is -2.17. The van der Waals surface area contributed by atoms with Crippen molar-refractivity contribution in [3.05, 3.63) is 16.7 Å². The van der Waals surface area contributed by atoms with Gasteiger partial charge in [0.05, 0.1) is 23.8 Å². The molecule has 1 heterocycles. The van der Waals surface area contributed by atoms with Crippen LogP contribution in [0.5, 0.6) is 17.2 Å². The molecule has 6 heteroatoms. The van der Waals surface area contributed by atoms with Gasteiger partial charge in [0.1, 0.15) is 5.75 Å². The Morgan fingerprint density at radius 2 is 2.35 bits per heavy atom. The van der Waals surface area contributed by atoms with Gasteiger partial charge >= 0.3 is 0 Å². The molecule has 0 fully saturated rings. The van der Waals surface area contributed by atoms with Gasteiger partial charge < -0.3 is 24.6 Å². The first-order chi connectivity index (χ1) is 8.19. The number of likely N-dealkylation sites (N-methyl/N-ethyl adjacent to an activating group) is 1. The molecule has 1 unspecified atom stereocenters. The average molecular weight is 260 g/mol. The first-order valence-corrected chi connectivity index (χ1v) is 5.55. The van der Waals surface area contributed by atoms with Crippen LogP contribution in [0, 0.1) is 0 Å². The van der Waals surface area contributed by atoms with Gasteiger partial charge in [0, 0.05) is 12.6 Å². The van der Waals surface area contributed by atoms with E-state index in [1.54, 1.807) is 13.1 Å². The molecule has 0 bridgehead atoms. The van der Waals surface area contributed by atoms with Crippen LogP contribution in [0.1, 0.15) is 11.7 Å². The molecule has 0 aromatic heterocycles. The maximum absolute atomic E-state index is 10.1. The van der Waals surface area contributed by atoms with Crippen LogP contribution in [0.25, 0.3) is 0 Å². The lowest BCUT2D eigenvalue weighted by Gasteiger charge is -2.17. The van der Waals surface area contributed by atoms with E-state index in [1.165, 1.54) is 7.11 Å². The highest BCUT2D eigenvalue weighted by molar-refractivity contribution is 6.32. The third kappa shape index (κ3) is 2.13. The van der Waals surface area contributed by atoms with E-state index in [0.717, 1.165) is 0 Å². The number of ether oxygens (including phenoxy) is 3. The van der Waals surface area contributed by atoms with Crippen LogP contribution in [0.3, 0.4) is 0 Å². The normalized spacial score (nSPS) is 14.8. The maximum atomic E-state index is 10.1. The van der Waals surface area contributed by atoms with Crippen molar-refractivity contribution in [3.63, 3.8) is 0 Å². The van der Waals surface area contributed by atoms with Gasteiger partial charge in [0.2, 0.25) is 6.79 Å². The Kier molecular flexibility index (Phi) is 3.61. The fourth-order valence-corrected chi connectivity index (χ4v) is 2.10. The van der Waals surface area contributed by atoms with Crippen molar-refractivity contribution in [2.45, 2.75) is 6.10 Å². The summed E-state index contributed by atoms with van der Waals surface area (Å²) in [5.41, 5.74) is 0.516. The van der Waals surface area contributed by atoms with E-state index in [9.17, 15) is 5.11 Å². The zero-order valence-electron chi connectivity index (χ0n) is 9.62. The van der Waals surface area contributed by atoms with Crippen LogP contribution in [-0.4, -0.2) is 32.6 Å². The molecule has 0 aliphatic carbocycles. The summed E-state index contributed by atoms with van der Waals surface area (Å²) in [6.07, 6.45) is -0.774. The highest BCUT2D eigenvalue weighted by atomic mass is 35.5. The number of methoxy groups -OCH3 is 1. The molecule has 0 saturated heterocycles. The molecule has 17 heavy (non-hydrogen) atoms. The van der Waals surface area contributed by atoms with Crippen LogP contribution in [0.4, 0.5) is 0 Å². The SMILES string of the molecule is CNCC(O)c1c(OC)c(Cl)cc2c1OCO2. The molecule has 5 nitrogen and oxygen atoms in total. The van der Waals surface area contributed by atoms with Gasteiger partial charge in [-0.2, -0.15) is 0 Å². The van der Waals surface area contributed by atoms with Crippen LogP contribution in [0.15, 0.2) is 6.07 Å². The summed E-state index contributed by atoms with van der Waals surface area (Å²) in [4.78, 5) is 0. The van der Waals surface area contributed by atoms with E-state index in [1.807, 2.05) is 0 Å². The van der Waals surface area contributed by atoms with Gasteiger partial charge in [-0.3, -0.25) is 0 Å². The monoisotopic (exact) mass is 259 g/mol. The summed E-state index contributed by atoms with van der Waals surface area (Å²) in [6, 6.07) is 1.62. The number of fused-ring (bicyclic) bond motifs is 1. The molecular formula is C11H14ClNO4. The Morgan fingerprint density at radius 1 is 1.59 bits per heavy atom. The fraction of sp³-hybridized carbons (Fsp3) is 0.455. The Morgan fingerprint density at radius 3 is 3.00 bits per heavy atom. The number of aliphatic hydroxyl groups is 1. The first-order valence-electron chi connectivity index (χ1n) is 5.17. The van der Waals surface area contributed by atoms with Gasteiger partial charge in [-0.15, -0.1) is 0 Å². The van der Waals surface area contributed by atoms with Crippen molar-refractivity contribution in [2.75, 3.05) is 27.5 Å². The van der Waals surface area contributed by atoms with Crippen molar-refractivity contribution >= 4 is 11.6 Å². The minimum atomic E-state index is -0.774. The summed E-state index contributed by atoms with van der Waals surface area (Å²) in [6.45, 7) is 0.491. The van der Waals surface area contributed by atoms with Crippen LogP contribution >= 0.6 is 11.6 Å². The number of hydrogen-bond acceptors (Lipinski definition) is 5. The van der Waals surface area contributed by atoms with Gasteiger partial charge in [-0.1, -0.05) is 11.6 Å². The smallest absolute Gasteiger partial charge is 0.231 e. The topological polar surface area (TPSA) is 60.0 Å². The summed E-state index contributed by atoms with van der Waals surface area (Å²) >= 11 is 6.07. The molecule has 0 saturated carbocycles. The van der Waals surface area contributed by atoms with Crippen molar-refractivity contribution in [2.24, 2.45) is 0 Å². The van der Waals surface area contributed by atoms with Crippen molar-refractivity contribution in [1.29, 1.82) is 0 Å². The summed E-state index contributed by atoms with van der Waals surface area (Å²) < 4.78 is 15.8. The van der Waals surface area contributed by atoms with Crippen LogP contribution in [-0.2, 0) is 0 Å². The molecular weight excluding hydrogens is 246 g/mol. The molecule has 1 aromatic carbocycles. The van der Waals surface area contributed by atoms with E-state index >= 15 is 0 Å². The molecule has 2 rings (SSSR count). The van der Waals surface area contributed by atoms with E-state index in [2.05, 4.69) is 5.32 Å². The number of nitrogens with one attached hydrogen (secondary N) is 1. The van der Waals surface area contributed by atoms with Crippen molar-refractivity contribution in [3.8, 4) is 17.2 Å². The van der Waals surface area contributed by atoms with Gasteiger partial charge in [0.15, 0.2) is 11.5 Å². The summed E-state index contributed by atoms with van der Waals surface area (Å²) in [7, 11) is 3.25. The second-order valence-electron chi connectivity index (χ2n) is 3.61. The van der Waals surface area contributed by atoms with Crippen LogP contribution < -0.4 is 19.5 Å². The predicted molar refractivity (Wildman–Crippen MR) is 63.0 cm³/mol. The molecule has 1 aliphatic heterocycles. The van der Waals surface area contributed by atoms with Crippen molar-refractivity contribution in [1.82, 2.24) is 5.32 Å². The van der Waals surface area contributed by atoms with E-state index in [-0.39, 0.29) is 6.79 Å². The number of aliphatic hydroxyl groups excluding tert-OH is 1. The van der Waals surface area contributed by atoms with Gasteiger partial charge in [-0.05, 0) is 7.05 Å². The van der Waals surface area contributed by atoms with Crippen LogP contribution in [0.2, 0.25) is 5.02 Å². The molecule has 94 valence electrons. The average Bonchev–Trinajstić information content (AvgIpc) is 2.74. The van der Waals surface area contributed by atoms with E-state index < -0.39 is 6.10 Å². The second kappa shape index (κ2) is 5.00. The molecule has 1 aliphatic rings. The highest BCUT2D eigenvalue weighted by Crippen LogP contribution is 2.47. The minimum Gasteiger partial charge on any atom is -0.495 e. The third-order valence-corrected chi connectivity index (χ3v) is 2.82. The lowest BCUT2D eigenvalue weighted by atomic mass is 10.1. The molecule has 0 amide bonds. The van der Waals surface area contributed by atoms with E-state index in [4.69, 9.17) is 25.8 Å². The predicted octanol–water partition coefficient (Wildman–Crippen LogP) is 1.33. The molecule has 2 N–H and O–H groups in total. The number of halogens is 1. The third-order valence-electron chi connectivity index (χ3n) is 2.54. The Labute approximate surface area is 104 Å². The quantitative estimate of drug-likeness (QED) is 0.854. The zero-order valence-corrected chi connectivity index (χ0v) is 10.4. The number of rotatable bonds is 4. The summed E-state index contributed by atoms with van der Waals surface area (Å²) in [5.74, 6) is 1.44. The summed E-state index contributed by atoms with van der Waals surface area (Å²) in [5, 5.41) is 13.4. The maximum Gasteiger partial charge on any atom is 0.231 e. The van der Waals surface area contributed by atoms with Crippen molar-refractivity contribution < 1.29 is 19.3 Å². The largest absolute Gasteiger partial charge is 0.495 e. The number of hydrogen-bond donors (Lipinski definition) is 2. The second-order valence-corrected chi connectivity index (χ2v) is 4.02. The molecule has 1 aromatic rings.